The molecule has 112 valence electrons. The van der Waals surface area contributed by atoms with Crippen LogP contribution in [0.25, 0.3) is 0 Å². The van der Waals surface area contributed by atoms with Crippen molar-refractivity contribution in [3.8, 4) is 0 Å². The van der Waals surface area contributed by atoms with E-state index in [0.717, 1.165) is 0 Å². The number of halogens is 2. The largest absolute Gasteiger partial charge is 0.355 e. The zero-order chi connectivity index (χ0) is 15.5. The van der Waals surface area contributed by atoms with Gasteiger partial charge in [0.1, 0.15) is 4.90 Å². The van der Waals surface area contributed by atoms with Gasteiger partial charge >= 0.3 is 0 Å². The molecule has 0 unspecified atom stereocenters. The number of nitrogens with zero attached hydrogens (tertiary/aromatic N) is 2. The van der Waals surface area contributed by atoms with E-state index in [-0.39, 0.29) is 10.6 Å². The fourth-order valence-electron chi connectivity index (χ4n) is 1.53. The second-order valence-electron chi connectivity index (χ2n) is 4.04. The minimum atomic E-state index is -3.80. The Balaban J connectivity index is 2.25. The zero-order valence-electron chi connectivity index (χ0n) is 11.0. The van der Waals surface area contributed by atoms with Gasteiger partial charge in [0.2, 0.25) is 5.95 Å². The third kappa shape index (κ3) is 4.20. The first-order valence-corrected chi connectivity index (χ1v) is 8.19. The van der Waals surface area contributed by atoms with Crippen molar-refractivity contribution in [1.29, 1.82) is 0 Å². The number of rotatable bonds is 5. The Hall–Kier alpha value is -1.57. The molecule has 0 aliphatic carbocycles. The highest BCUT2D eigenvalue weighted by Gasteiger charge is 2.16. The summed E-state index contributed by atoms with van der Waals surface area (Å²) in [6.45, 7) is 2.53. The van der Waals surface area contributed by atoms with Crippen LogP contribution in [0.2, 0.25) is 10.0 Å². The SMILES string of the molecule is CCNc1ncc(S(=O)(=O)Nc2cc(Cl)cc(Cl)c2)cn1. The molecule has 0 bridgehead atoms. The molecule has 0 saturated heterocycles. The fraction of sp³-hybridized carbons (Fsp3) is 0.167. The lowest BCUT2D eigenvalue weighted by atomic mass is 10.3. The maximum Gasteiger partial charge on any atom is 0.264 e. The van der Waals surface area contributed by atoms with Crippen molar-refractivity contribution < 1.29 is 8.42 Å². The Morgan fingerprint density at radius 1 is 1.10 bits per heavy atom. The normalized spacial score (nSPS) is 11.2. The van der Waals surface area contributed by atoms with Crippen molar-refractivity contribution in [1.82, 2.24) is 9.97 Å². The van der Waals surface area contributed by atoms with Gasteiger partial charge in [-0.15, -0.1) is 0 Å². The summed E-state index contributed by atoms with van der Waals surface area (Å²) in [5, 5.41) is 3.54. The van der Waals surface area contributed by atoms with E-state index in [9.17, 15) is 8.42 Å². The molecule has 0 atom stereocenters. The number of benzene rings is 1. The molecule has 0 fully saturated rings. The highest BCUT2D eigenvalue weighted by Crippen LogP contribution is 2.24. The average Bonchev–Trinajstić information content (AvgIpc) is 2.38. The van der Waals surface area contributed by atoms with E-state index in [4.69, 9.17) is 23.2 Å². The van der Waals surface area contributed by atoms with Gasteiger partial charge in [-0.2, -0.15) is 0 Å². The summed E-state index contributed by atoms with van der Waals surface area (Å²) < 4.78 is 26.8. The van der Waals surface area contributed by atoms with Crippen LogP contribution in [0.15, 0.2) is 35.5 Å². The van der Waals surface area contributed by atoms with E-state index in [1.807, 2.05) is 6.92 Å². The highest BCUT2D eigenvalue weighted by atomic mass is 35.5. The number of hydrogen-bond acceptors (Lipinski definition) is 5. The molecular formula is C12H12Cl2N4O2S. The standard InChI is InChI=1S/C12H12Cl2N4O2S/c1-2-15-12-16-6-11(7-17-12)21(19,20)18-10-4-8(13)3-9(14)5-10/h3-7,18H,2H2,1H3,(H,15,16,17). The van der Waals surface area contributed by atoms with Crippen molar-refractivity contribution in [3.63, 3.8) is 0 Å². The number of sulfonamides is 1. The highest BCUT2D eigenvalue weighted by molar-refractivity contribution is 7.92. The molecule has 6 nitrogen and oxygen atoms in total. The van der Waals surface area contributed by atoms with E-state index < -0.39 is 10.0 Å². The van der Waals surface area contributed by atoms with Crippen molar-refractivity contribution in [2.75, 3.05) is 16.6 Å². The van der Waals surface area contributed by atoms with E-state index in [2.05, 4.69) is 20.0 Å². The fourth-order valence-corrected chi connectivity index (χ4v) is 2.99. The Labute approximate surface area is 132 Å². The first-order chi connectivity index (χ1) is 9.90. The predicted octanol–water partition coefficient (Wildman–Crippen LogP) is 3.02. The molecule has 2 N–H and O–H groups in total. The first-order valence-electron chi connectivity index (χ1n) is 5.95. The van der Waals surface area contributed by atoms with E-state index in [1.165, 1.54) is 30.6 Å². The van der Waals surface area contributed by atoms with Gasteiger partial charge in [-0.3, -0.25) is 4.72 Å². The molecule has 0 radical (unpaired) electrons. The van der Waals surface area contributed by atoms with Crippen LogP contribution in [0, 0.1) is 0 Å². The summed E-state index contributed by atoms with van der Waals surface area (Å²) in [7, 11) is -3.80. The molecule has 1 aromatic carbocycles. The molecule has 0 spiro atoms. The molecule has 1 heterocycles. The lowest BCUT2D eigenvalue weighted by Gasteiger charge is -2.09. The van der Waals surface area contributed by atoms with Crippen LogP contribution in [0.5, 0.6) is 0 Å². The van der Waals surface area contributed by atoms with Gasteiger partial charge in [-0.05, 0) is 25.1 Å². The van der Waals surface area contributed by atoms with Gasteiger partial charge in [0.05, 0.1) is 18.1 Å². The third-order valence-corrected chi connectivity index (χ3v) is 4.16. The third-order valence-electron chi connectivity index (χ3n) is 2.39. The molecule has 2 rings (SSSR count). The molecule has 1 aromatic heterocycles. The summed E-state index contributed by atoms with van der Waals surface area (Å²) >= 11 is 11.7. The number of anilines is 2. The minimum Gasteiger partial charge on any atom is -0.355 e. The summed E-state index contributed by atoms with van der Waals surface area (Å²) in [5.41, 5.74) is 0.267. The summed E-state index contributed by atoms with van der Waals surface area (Å²) in [6.07, 6.45) is 2.44. The van der Waals surface area contributed by atoms with Crippen molar-refractivity contribution in [3.05, 3.63) is 40.6 Å². The summed E-state index contributed by atoms with van der Waals surface area (Å²) in [6, 6.07) is 4.42. The molecular weight excluding hydrogens is 335 g/mol. The second-order valence-corrected chi connectivity index (χ2v) is 6.59. The topological polar surface area (TPSA) is 84.0 Å². The summed E-state index contributed by atoms with van der Waals surface area (Å²) in [5.74, 6) is 0.363. The van der Waals surface area contributed by atoms with E-state index >= 15 is 0 Å². The monoisotopic (exact) mass is 346 g/mol. The predicted molar refractivity (Wildman–Crippen MR) is 83.5 cm³/mol. The van der Waals surface area contributed by atoms with Gasteiger partial charge < -0.3 is 5.32 Å². The van der Waals surface area contributed by atoms with Gasteiger partial charge in [-0.1, -0.05) is 23.2 Å². The average molecular weight is 347 g/mol. The summed E-state index contributed by atoms with van der Waals surface area (Å²) in [4.78, 5) is 7.78. The smallest absolute Gasteiger partial charge is 0.264 e. The molecule has 9 heteroatoms. The van der Waals surface area contributed by atoms with Crippen LogP contribution < -0.4 is 10.0 Å². The van der Waals surface area contributed by atoms with Crippen LogP contribution >= 0.6 is 23.2 Å². The first kappa shape index (κ1) is 15.8. The van der Waals surface area contributed by atoms with Gasteiger partial charge in [0, 0.05) is 16.6 Å². The number of nitrogens with one attached hydrogen (secondary N) is 2. The second kappa shape index (κ2) is 6.46. The Morgan fingerprint density at radius 3 is 2.19 bits per heavy atom. The molecule has 0 aliphatic rings. The Bertz CT molecular complexity index is 715. The minimum absolute atomic E-state index is 0.0553. The van der Waals surface area contributed by atoms with Gasteiger partial charge in [0.25, 0.3) is 10.0 Å². The lowest BCUT2D eigenvalue weighted by molar-refractivity contribution is 0.600. The number of hydrogen-bond donors (Lipinski definition) is 2. The van der Waals surface area contributed by atoms with Crippen LogP contribution in [-0.4, -0.2) is 24.9 Å². The molecule has 0 aliphatic heterocycles. The van der Waals surface area contributed by atoms with Gasteiger partial charge in [-0.25, -0.2) is 18.4 Å². The lowest BCUT2D eigenvalue weighted by Crippen LogP contribution is -2.14. The van der Waals surface area contributed by atoms with Crippen LogP contribution in [0.3, 0.4) is 0 Å². The van der Waals surface area contributed by atoms with Crippen molar-refractivity contribution in [2.24, 2.45) is 0 Å². The van der Waals surface area contributed by atoms with E-state index in [0.29, 0.717) is 22.5 Å². The van der Waals surface area contributed by atoms with Crippen LogP contribution in [-0.2, 0) is 10.0 Å². The van der Waals surface area contributed by atoms with Crippen molar-refractivity contribution >= 4 is 44.9 Å². The van der Waals surface area contributed by atoms with Crippen molar-refractivity contribution in [2.45, 2.75) is 11.8 Å². The Kier molecular flexibility index (Phi) is 4.87. The number of aromatic nitrogens is 2. The van der Waals surface area contributed by atoms with Crippen LogP contribution in [0.1, 0.15) is 6.92 Å². The zero-order valence-corrected chi connectivity index (χ0v) is 13.3. The quantitative estimate of drug-likeness (QED) is 0.869. The van der Waals surface area contributed by atoms with E-state index in [1.54, 1.807) is 0 Å². The van der Waals surface area contributed by atoms with Crippen LogP contribution in [0.4, 0.5) is 11.6 Å². The maximum atomic E-state index is 12.2. The Morgan fingerprint density at radius 2 is 1.67 bits per heavy atom. The molecule has 2 aromatic rings. The maximum absolute atomic E-state index is 12.2. The molecule has 0 amide bonds. The molecule has 21 heavy (non-hydrogen) atoms. The van der Waals surface area contributed by atoms with Gasteiger partial charge in [0.15, 0.2) is 0 Å². The molecule has 0 saturated carbocycles.